The molecule has 110 valence electrons. The van der Waals surface area contributed by atoms with E-state index in [1.807, 2.05) is 25.1 Å². The summed E-state index contributed by atoms with van der Waals surface area (Å²) in [5.74, 6) is 1.26. The first kappa shape index (κ1) is 15.3. The molecule has 21 heavy (non-hydrogen) atoms. The Hall–Kier alpha value is -2.08. The van der Waals surface area contributed by atoms with Crippen molar-refractivity contribution in [1.82, 2.24) is 0 Å². The Morgan fingerprint density at radius 1 is 1.10 bits per heavy atom. The fraction of sp³-hybridized carbons (Fsp3) is 0.200. The van der Waals surface area contributed by atoms with Gasteiger partial charge in [0.2, 0.25) is 0 Å². The van der Waals surface area contributed by atoms with E-state index < -0.39 is 4.92 Å². The van der Waals surface area contributed by atoms with E-state index in [1.165, 1.54) is 6.07 Å². The predicted molar refractivity (Wildman–Crippen MR) is 82.7 cm³/mol. The van der Waals surface area contributed by atoms with Crippen molar-refractivity contribution in [2.45, 2.75) is 13.5 Å². The SMILES string of the molecule is CCOc1ccccc1OCc1cccc([N+](=O)[O-])c1Br. The summed E-state index contributed by atoms with van der Waals surface area (Å²) in [6, 6.07) is 12.2. The summed E-state index contributed by atoms with van der Waals surface area (Å²) < 4.78 is 11.6. The largest absolute Gasteiger partial charge is 0.490 e. The highest BCUT2D eigenvalue weighted by Gasteiger charge is 2.15. The molecule has 0 aliphatic heterocycles. The van der Waals surface area contributed by atoms with Crippen LogP contribution in [0.5, 0.6) is 11.5 Å². The lowest BCUT2D eigenvalue weighted by Crippen LogP contribution is -2.01. The summed E-state index contributed by atoms with van der Waals surface area (Å²) in [6.07, 6.45) is 0. The number of nitrogens with zero attached hydrogens (tertiary/aromatic N) is 1. The second-order valence-electron chi connectivity index (χ2n) is 4.18. The fourth-order valence-corrected chi connectivity index (χ4v) is 2.34. The van der Waals surface area contributed by atoms with Crippen LogP contribution >= 0.6 is 15.9 Å². The van der Waals surface area contributed by atoms with Gasteiger partial charge < -0.3 is 9.47 Å². The molecule has 0 bridgehead atoms. The molecule has 0 spiro atoms. The van der Waals surface area contributed by atoms with Gasteiger partial charge in [0.15, 0.2) is 11.5 Å². The van der Waals surface area contributed by atoms with Crippen LogP contribution < -0.4 is 9.47 Å². The molecule has 0 aromatic heterocycles. The molecule has 0 heterocycles. The van der Waals surface area contributed by atoms with Crippen LogP contribution in [0.25, 0.3) is 0 Å². The smallest absolute Gasteiger partial charge is 0.283 e. The molecule has 0 radical (unpaired) electrons. The number of para-hydroxylation sites is 2. The van der Waals surface area contributed by atoms with Crippen LogP contribution in [-0.2, 0) is 6.61 Å². The van der Waals surface area contributed by atoms with Gasteiger partial charge in [-0.2, -0.15) is 0 Å². The van der Waals surface area contributed by atoms with Gasteiger partial charge in [0.25, 0.3) is 5.69 Å². The molecule has 5 nitrogen and oxygen atoms in total. The molecular weight excluding hydrogens is 338 g/mol. The second-order valence-corrected chi connectivity index (χ2v) is 4.97. The van der Waals surface area contributed by atoms with Gasteiger partial charge >= 0.3 is 0 Å². The van der Waals surface area contributed by atoms with Crippen molar-refractivity contribution in [1.29, 1.82) is 0 Å². The zero-order valence-electron chi connectivity index (χ0n) is 11.4. The average Bonchev–Trinajstić information content (AvgIpc) is 2.47. The van der Waals surface area contributed by atoms with Gasteiger partial charge in [-0.1, -0.05) is 24.3 Å². The molecule has 0 aliphatic carbocycles. The maximum atomic E-state index is 10.9. The Morgan fingerprint density at radius 2 is 1.76 bits per heavy atom. The quantitative estimate of drug-likeness (QED) is 0.573. The van der Waals surface area contributed by atoms with Crippen LogP contribution in [0.4, 0.5) is 5.69 Å². The molecule has 2 rings (SSSR count). The Balaban J connectivity index is 2.17. The minimum atomic E-state index is -0.429. The molecular formula is C15H14BrNO4. The van der Waals surface area contributed by atoms with E-state index in [4.69, 9.17) is 9.47 Å². The van der Waals surface area contributed by atoms with E-state index in [1.54, 1.807) is 18.2 Å². The van der Waals surface area contributed by atoms with Crippen molar-refractivity contribution in [3.05, 3.63) is 62.6 Å². The van der Waals surface area contributed by atoms with Crippen molar-refractivity contribution in [2.75, 3.05) is 6.61 Å². The van der Waals surface area contributed by atoms with Crippen LogP contribution in [-0.4, -0.2) is 11.5 Å². The van der Waals surface area contributed by atoms with Crippen molar-refractivity contribution in [3.8, 4) is 11.5 Å². The normalized spacial score (nSPS) is 10.2. The lowest BCUT2D eigenvalue weighted by atomic mass is 10.2. The summed E-state index contributed by atoms with van der Waals surface area (Å²) in [5, 5.41) is 10.9. The minimum Gasteiger partial charge on any atom is -0.490 e. The van der Waals surface area contributed by atoms with Crippen LogP contribution in [0, 0.1) is 10.1 Å². The van der Waals surface area contributed by atoms with E-state index in [2.05, 4.69) is 15.9 Å². The molecule has 0 unspecified atom stereocenters. The summed E-state index contributed by atoms with van der Waals surface area (Å²) in [7, 11) is 0. The topological polar surface area (TPSA) is 61.6 Å². The van der Waals surface area contributed by atoms with Gasteiger partial charge in [-0.25, -0.2) is 0 Å². The first-order chi connectivity index (χ1) is 10.1. The van der Waals surface area contributed by atoms with Crippen molar-refractivity contribution >= 4 is 21.6 Å². The number of ether oxygens (including phenoxy) is 2. The zero-order chi connectivity index (χ0) is 15.2. The summed E-state index contributed by atoms with van der Waals surface area (Å²) in [6.45, 7) is 2.65. The van der Waals surface area contributed by atoms with E-state index in [0.717, 1.165) is 0 Å². The van der Waals surface area contributed by atoms with Crippen molar-refractivity contribution in [2.24, 2.45) is 0 Å². The third kappa shape index (κ3) is 3.72. The second kappa shape index (κ2) is 7.08. The standard InChI is InChI=1S/C15H14BrNO4/c1-2-20-13-8-3-4-9-14(13)21-10-11-6-5-7-12(15(11)16)17(18)19/h3-9H,2,10H2,1H3. The Morgan fingerprint density at radius 3 is 2.38 bits per heavy atom. The molecule has 0 N–H and O–H groups in total. The van der Waals surface area contributed by atoms with Gasteiger partial charge in [0.05, 0.1) is 11.5 Å². The van der Waals surface area contributed by atoms with Crippen LogP contribution in [0.15, 0.2) is 46.9 Å². The molecule has 0 atom stereocenters. The molecule has 0 aliphatic rings. The first-order valence-corrected chi connectivity index (χ1v) is 7.19. The fourth-order valence-electron chi connectivity index (χ4n) is 1.82. The number of nitro groups is 1. The number of benzene rings is 2. The summed E-state index contributed by atoms with van der Waals surface area (Å²) in [5.41, 5.74) is 0.727. The van der Waals surface area contributed by atoms with E-state index in [9.17, 15) is 10.1 Å². The first-order valence-electron chi connectivity index (χ1n) is 6.40. The van der Waals surface area contributed by atoms with Crippen molar-refractivity contribution < 1.29 is 14.4 Å². The zero-order valence-corrected chi connectivity index (χ0v) is 13.0. The molecule has 6 heteroatoms. The summed E-state index contributed by atoms with van der Waals surface area (Å²) >= 11 is 3.25. The number of hydrogen-bond acceptors (Lipinski definition) is 4. The number of hydrogen-bond donors (Lipinski definition) is 0. The number of halogens is 1. The van der Waals surface area contributed by atoms with Gasteiger partial charge in [-0.05, 0) is 35.0 Å². The van der Waals surface area contributed by atoms with E-state index in [-0.39, 0.29) is 12.3 Å². The van der Waals surface area contributed by atoms with Crippen molar-refractivity contribution in [3.63, 3.8) is 0 Å². The lowest BCUT2D eigenvalue weighted by molar-refractivity contribution is -0.385. The van der Waals surface area contributed by atoms with Crippen LogP contribution in [0.3, 0.4) is 0 Å². The molecule has 0 fully saturated rings. The highest BCUT2D eigenvalue weighted by atomic mass is 79.9. The highest BCUT2D eigenvalue weighted by Crippen LogP contribution is 2.31. The molecule has 2 aromatic carbocycles. The molecule has 0 saturated heterocycles. The Kier molecular flexibility index (Phi) is 5.16. The van der Waals surface area contributed by atoms with Crippen LogP contribution in [0.1, 0.15) is 12.5 Å². The lowest BCUT2D eigenvalue weighted by Gasteiger charge is -2.12. The Bertz CT molecular complexity index is 645. The molecule has 2 aromatic rings. The third-order valence-electron chi connectivity index (χ3n) is 2.79. The van der Waals surface area contributed by atoms with Gasteiger partial charge in [0.1, 0.15) is 11.1 Å². The Labute approximate surface area is 130 Å². The van der Waals surface area contributed by atoms with Crippen LogP contribution in [0.2, 0.25) is 0 Å². The van der Waals surface area contributed by atoms with E-state index in [0.29, 0.717) is 28.1 Å². The predicted octanol–water partition coefficient (Wildman–Crippen LogP) is 4.34. The summed E-state index contributed by atoms with van der Waals surface area (Å²) in [4.78, 5) is 10.5. The average molecular weight is 352 g/mol. The monoisotopic (exact) mass is 351 g/mol. The van der Waals surface area contributed by atoms with E-state index >= 15 is 0 Å². The highest BCUT2D eigenvalue weighted by molar-refractivity contribution is 9.10. The van der Waals surface area contributed by atoms with Gasteiger partial charge in [0, 0.05) is 11.6 Å². The molecule has 0 saturated carbocycles. The minimum absolute atomic E-state index is 0.0224. The number of rotatable bonds is 6. The molecule has 0 amide bonds. The maximum Gasteiger partial charge on any atom is 0.283 e. The number of nitro benzene ring substituents is 1. The third-order valence-corrected chi connectivity index (χ3v) is 3.70. The van der Waals surface area contributed by atoms with Gasteiger partial charge in [-0.3, -0.25) is 10.1 Å². The van der Waals surface area contributed by atoms with Gasteiger partial charge in [-0.15, -0.1) is 0 Å². The maximum absolute atomic E-state index is 10.9.